The number of amides is 1. The molecular weight excluding hydrogens is 176 g/mol. The Morgan fingerprint density at radius 2 is 1.86 bits per heavy atom. The molecule has 1 aromatic carbocycles. The molecule has 3 nitrogen and oxygen atoms in total. The normalized spacial score (nSPS) is 8.50. The molecule has 0 fully saturated rings. The molecule has 0 radical (unpaired) electrons. The molecule has 0 heterocycles. The van der Waals surface area contributed by atoms with E-state index in [1.54, 1.807) is 12.1 Å². The lowest BCUT2D eigenvalue weighted by Gasteiger charge is -2.01. The van der Waals surface area contributed by atoms with Crippen LogP contribution in [0.5, 0.6) is 0 Å². The summed E-state index contributed by atoms with van der Waals surface area (Å²) in [5.41, 5.74) is 5.91. The standard InChI is InChI=1S/C9H12N2O.C2H6/c10-6-7-11-9(12)8-4-2-1-3-5-8;1-2/h1-5H,6-7,10H2,(H,11,12);1-2H3. The van der Waals surface area contributed by atoms with Crippen molar-refractivity contribution in [2.75, 3.05) is 13.1 Å². The van der Waals surface area contributed by atoms with Crippen LogP contribution in [-0.4, -0.2) is 19.0 Å². The van der Waals surface area contributed by atoms with Gasteiger partial charge in [-0.15, -0.1) is 0 Å². The van der Waals surface area contributed by atoms with Gasteiger partial charge in [0.2, 0.25) is 0 Å². The fourth-order valence-electron chi connectivity index (χ4n) is 0.877. The predicted molar refractivity (Wildman–Crippen MR) is 59.2 cm³/mol. The number of hydrogen-bond donors (Lipinski definition) is 2. The van der Waals surface area contributed by atoms with Gasteiger partial charge in [-0.05, 0) is 12.1 Å². The highest BCUT2D eigenvalue weighted by molar-refractivity contribution is 5.94. The van der Waals surface area contributed by atoms with Gasteiger partial charge in [0, 0.05) is 18.7 Å². The SMILES string of the molecule is CC.NCCNC(=O)c1ccccc1. The van der Waals surface area contributed by atoms with Gasteiger partial charge in [0.15, 0.2) is 0 Å². The zero-order chi connectivity index (χ0) is 10.8. The second kappa shape index (κ2) is 8.26. The van der Waals surface area contributed by atoms with E-state index in [1.807, 2.05) is 32.0 Å². The maximum Gasteiger partial charge on any atom is 0.251 e. The van der Waals surface area contributed by atoms with E-state index in [0.717, 1.165) is 0 Å². The molecule has 14 heavy (non-hydrogen) atoms. The Bertz CT molecular complexity index is 247. The molecule has 3 heteroatoms. The molecule has 3 N–H and O–H groups in total. The van der Waals surface area contributed by atoms with Crippen molar-refractivity contribution < 1.29 is 4.79 Å². The summed E-state index contributed by atoms with van der Waals surface area (Å²) in [6, 6.07) is 9.08. The van der Waals surface area contributed by atoms with E-state index < -0.39 is 0 Å². The van der Waals surface area contributed by atoms with Gasteiger partial charge in [-0.25, -0.2) is 0 Å². The van der Waals surface area contributed by atoms with Gasteiger partial charge in [0.1, 0.15) is 0 Å². The molecule has 0 aromatic heterocycles. The quantitative estimate of drug-likeness (QED) is 0.764. The first-order chi connectivity index (χ1) is 6.84. The number of nitrogens with one attached hydrogen (secondary N) is 1. The second-order valence-corrected chi connectivity index (χ2v) is 2.41. The van der Waals surface area contributed by atoms with E-state index in [1.165, 1.54) is 0 Å². The third-order valence-corrected chi connectivity index (χ3v) is 1.47. The lowest BCUT2D eigenvalue weighted by Crippen LogP contribution is -2.28. The van der Waals surface area contributed by atoms with Gasteiger partial charge in [0.25, 0.3) is 5.91 Å². The largest absolute Gasteiger partial charge is 0.351 e. The van der Waals surface area contributed by atoms with Crippen LogP contribution in [0.2, 0.25) is 0 Å². The van der Waals surface area contributed by atoms with Gasteiger partial charge in [-0.1, -0.05) is 32.0 Å². The fourth-order valence-corrected chi connectivity index (χ4v) is 0.877. The highest BCUT2D eigenvalue weighted by atomic mass is 16.1. The van der Waals surface area contributed by atoms with Crippen LogP contribution >= 0.6 is 0 Å². The molecule has 0 atom stereocenters. The zero-order valence-electron chi connectivity index (χ0n) is 8.79. The van der Waals surface area contributed by atoms with Gasteiger partial charge in [-0.2, -0.15) is 0 Å². The van der Waals surface area contributed by atoms with Crippen LogP contribution in [0, 0.1) is 0 Å². The van der Waals surface area contributed by atoms with E-state index in [0.29, 0.717) is 18.7 Å². The highest BCUT2D eigenvalue weighted by Crippen LogP contribution is 1.96. The molecule has 78 valence electrons. The van der Waals surface area contributed by atoms with E-state index in [9.17, 15) is 4.79 Å². The van der Waals surface area contributed by atoms with Crippen molar-refractivity contribution in [2.45, 2.75) is 13.8 Å². The van der Waals surface area contributed by atoms with Crippen molar-refractivity contribution >= 4 is 5.91 Å². The summed E-state index contributed by atoms with van der Waals surface area (Å²) in [6.07, 6.45) is 0. The minimum Gasteiger partial charge on any atom is -0.351 e. The molecule has 0 aliphatic rings. The lowest BCUT2D eigenvalue weighted by molar-refractivity contribution is 0.0955. The van der Waals surface area contributed by atoms with Crippen LogP contribution < -0.4 is 11.1 Å². The Labute approximate surface area is 85.3 Å². The Kier molecular flexibility index (Phi) is 7.46. The number of nitrogens with two attached hydrogens (primary N) is 1. The monoisotopic (exact) mass is 194 g/mol. The van der Waals surface area contributed by atoms with Crippen LogP contribution in [0.4, 0.5) is 0 Å². The fraction of sp³-hybridized carbons (Fsp3) is 0.364. The highest BCUT2D eigenvalue weighted by Gasteiger charge is 2.00. The van der Waals surface area contributed by atoms with Crippen molar-refractivity contribution in [3.8, 4) is 0 Å². The molecule has 0 aliphatic heterocycles. The minimum atomic E-state index is -0.0685. The maximum atomic E-state index is 11.2. The Morgan fingerprint density at radius 3 is 2.36 bits per heavy atom. The van der Waals surface area contributed by atoms with Crippen LogP contribution in [0.1, 0.15) is 24.2 Å². The molecule has 1 aromatic rings. The number of benzene rings is 1. The van der Waals surface area contributed by atoms with E-state index >= 15 is 0 Å². The zero-order valence-corrected chi connectivity index (χ0v) is 8.79. The van der Waals surface area contributed by atoms with Gasteiger partial charge in [-0.3, -0.25) is 4.79 Å². The van der Waals surface area contributed by atoms with Crippen molar-refractivity contribution in [3.63, 3.8) is 0 Å². The Balaban J connectivity index is 0.000000791. The molecular formula is C11H18N2O. The van der Waals surface area contributed by atoms with Crippen LogP contribution in [-0.2, 0) is 0 Å². The van der Waals surface area contributed by atoms with Gasteiger partial charge in [0.05, 0.1) is 0 Å². The predicted octanol–water partition coefficient (Wildman–Crippen LogP) is 1.40. The summed E-state index contributed by atoms with van der Waals surface area (Å²) in [7, 11) is 0. The second-order valence-electron chi connectivity index (χ2n) is 2.41. The molecule has 0 spiro atoms. The first-order valence-electron chi connectivity index (χ1n) is 4.88. The third-order valence-electron chi connectivity index (χ3n) is 1.47. The summed E-state index contributed by atoms with van der Waals surface area (Å²) in [4.78, 5) is 11.2. The number of carbonyl (C=O) groups excluding carboxylic acids is 1. The summed E-state index contributed by atoms with van der Waals surface area (Å²) < 4.78 is 0. The van der Waals surface area contributed by atoms with Crippen molar-refractivity contribution in [1.82, 2.24) is 5.32 Å². The van der Waals surface area contributed by atoms with E-state index in [4.69, 9.17) is 5.73 Å². The van der Waals surface area contributed by atoms with E-state index in [2.05, 4.69) is 5.32 Å². The molecule has 0 aliphatic carbocycles. The Hall–Kier alpha value is -1.35. The molecule has 1 amide bonds. The average Bonchev–Trinajstić information content (AvgIpc) is 2.30. The lowest BCUT2D eigenvalue weighted by atomic mass is 10.2. The van der Waals surface area contributed by atoms with Gasteiger partial charge >= 0.3 is 0 Å². The van der Waals surface area contributed by atoms with Gasteiger partial charge < -0.3 is 11.1 Å². The first-order valence-corrected chi connectivity index (χ1v) is 4.88. The number of carbonyl (C=O) groups is 1. The van der Waals surface area contributed by atoms with Crippen molar-refractivity contribution in [2.24, 2.45) is 5.73 Å². The smallest absolute Gasteiger partial charge is 0.251 e. The Morgan fingerprint density at radius 1 is 1.29 bits per heavy atom. The first kappa shape index (κ1) is 12.7. The topological polar surface area (TPSA) is 55.1 Å². The molecule has 0 saturated heterocycles. The van der Waals surface area contributed by atoms with E-state index in [-0.39, 0.29) is 5.91 Å². The van der Waals surface area contributed by atoms with Crippen LogP contribution in [0.3, 0.4) is 0 Å². The summed E-state index contributed by atoms with van der Waals surface area (Å²) >= 11 is 0. The molecule has 0 bridgehead atoms. The minimum absolute atomic E-state index is 0.0685. The van der Waals surface area contributed by atoms with Crippen molar-refractivity contribution in [1.29, 1.82) is 0 Å². The van der Waals surface area contributed by atoms with Crippen LogP contribution in [0.15, 0.2) is 30.3 Å². The molecule has 0 unspecified atom stereocenters. The number of rotatable bonds is 3. The maximum absolute atomic E-state index is 11.2. The summed E-state index contributed by atoms with van der Waals surface area (Å²) in [5, 5.41) is 2.68. The van der Waals surface area contributed by atoms with Crippen molar-refractivity contribution in [3.05, 3.63) is 35.9 Å². The third kappa shape index (κ3) is 4.62. The van der Waals surface area contributed by atoms with Crippen LogP contribution in [0.25, 0.3) is 0 Å². The average molecular weight is 194 g/mol. The summed E-state index contributed by atoms with van der Waals surface area (Å²) in [6.45, 7) is 4.99. The number of hydrogen-bond acceptors (Lipinski definition) is 2. The molecule has 0 saturated carbocycles. The summed E-state index contributed by atoms with van der Waals surface area (Å²) in [5.74, 6) is -0.0685. The molecule has 1 rings (SSSR count).